The molecular weight excluding hydrogens is 252 g/mol. The van der Waals surface area contributed by atoms with Gasteiger partial charge in [0.05, 0.1) is 17.5 Å². The van der Waals surface area contributed by atoms with Crippen molar-refractivity contribution in [1.29, 1.82) is 0 Å². The van der Waals surface area contributed by atoms with Crippen LogP contribution in [-0.2, 0) is 17.8 Å². The molecule has 0 unspecified atom stereocenters. The summed E-state index contributed by atoms with van der Waals surface area (Å²) < 4.78 is 2.04. The number of carboxylic acids is 1. The molecule has 0 saturated heterocycles. The monoisotopic (exact) mass is 272 g/mol. The van der Waals surface area contributed by atoms with E-state index >= 15 is 0 Å². The van der Waals surface area contributed by atoms with Crippen molar-refractivity contribution in [2.75, 3.05) is 0 Å². The van der Waals surface area contributed by atoms with Crippen molar-refractivity contribution in [3.05, 3.63) is 42.2 Å². The topological polar surface area (TPSA) is 55.1 Å². The van der Waals surface area contributed by atoms with Gasteiger partial charge in [0.2, 0.25) is 0 Å². The fourth-order valence-corrected chi connectivity index (χ4v) is 2.30. The number of aryl methyl sites for hydroxylation is 1. The SMILES string of the molecule is C=CCn1c(CCC(=O)O)nc2cc(C(C)C)ccc21. The summed E-state index contributed by atoms with van der Waals surface area (Å²) in [6.07, 6.45) is 2.34. The minimum Gasteiger partial charge on any atom is -0.481 e. The lowest BCUT2D eigenvalue weighted by Gasteiger charge is -2.07. The maximum Gasteiger partial charge on any atom is 0.303 e. The van der Waals surface area contributed by atoms with Gasteiger partial charge in [0.25, 0.3) is 0 Å². The van der Waals surface area contributed by atoms with Crippen molar-refractivity contribution in [1.82, 2.24) is 9.55 Å². The van der Waals surface area contributed by atoms with Crippen molar-refractivity contribution in [3.63, 3.8) is 0 Å². The Morgan fingerprint density at radius 3 is 2.85 bits per heavy atom. The molecule has 0 aliphatic rings. The molecule has 0 bridgehead atoms. The number of hydrogen-bond acceptors (Lipinski definition) is 2. The highest BCUT2D eigenvalue weighted by molar-refractivity contribution is 5.77. The molecule has 1 heterocycles. The van der Waals surface area contributed by atoms with Gasteiger partial charge >= 0.3 is 5.97 Å². The summed E-state index contributed by atoms with van der Waals surface area (Å²) in [7, 11) is 0. The lowest BCUT2D eigenvalue weighted by Crippen LogP contribution is -2.05. The fraction of sp³-hybridized carbons (Fsp3) is 0.375. The van der Waals surface area contributed by atoms with Crippen LogP contribution in [0.1, 0.15) is 37.6 Å². The Bertz CT molecular complexity index is 641. The molecule has 1 aromatic carbocycles. The van der Waals surface area contributed by atoms with E-state index in [4.69, 9.17) is 5.11 Å². The molecule has 1 aromatic heterocycles. The molecular formula is C16H20N2O2. The summed E-state index contributed by atoms with van der Waals surface area (Å²) in [5, 5.41) is 8.83. The summed E-state index contributed by atoms with van der Waals surface area (Å²) >= 11 is 0. The zero-order valence-corrected chi connectivity index (χ0v) is 12.0. The number of carboxylic acid groups (broad SMARTS) is 1. The van der Waals surface area contributed by atoms with Crippen molar-refractivity contribution in [2.24, 2.45) is 0 Å². The van der Waals surface area contributed by atoms with Crippen LogP contribution in [0.4, 0.5) is 0 Å². The average Bonchev–Trinajstić information content (AvgIpc) is 2.74. The number of allylic oxidation sites excluding steroid dienone is 1. The van der Waals surface area contributed by atoms with E-state index in [1.165, 1.54) is 5.56 Å². The maximum absolute atomic E-state index is 10.7. The minimum absolute atomic E-state index is 0.0947. The quantitative estimate of drug-likeness (QED) is 0.820. The van der Waals surface area contributed by atoms with Crippen LogP contribution in [0.25, 0.3) is 11.0 Å². The highest BCUT2D eigenvalue weighted by atomic mass is 16.4. The lowest BCUT2D eigenvalue weighted by atomic mass is 10.0. The van der Waals surface area contributed by atoms with E-state index in [2.05, 4.69) is 43.6 Å². The van der Waals surface area contributed by atoms with Gasteiger partial charge < -0.3 is 9.67 Å². The van der Waals surface area contributed by atoms with Gasteiger partial charge in [-0.1, -0.05) is 26.0 Å². The molecule has 20 heavy (non-hydrogen) atoms. The van der Waals surface area contributed by atoms with E-state index in [9.17, 15) is 4.79 Å². The van der Waals surface area contributed by atoms with Crippen LogP contribution in [-0.4, -0.2) is 20.6 Å². The van der Waals surface area contributed by atoms with Crippen molar-refractivity contribution >= 4 is 17.0 Å². The van der Waals surface area contributed by atoms with E-state index < -0.39 is 5.97 Å². The first-order valence-electron chi connectivity index (χ1n) is 6.84. The second-order valence-corrected chi connectivity index (χ2v) is 5.22. The van der Waals surface area contributed by atoms with Crippen LogP contribution < -0.4 is 0 Å². The first kappa shape index (κ1) is 14.3. The number of carbonyl (C=O) groups is 1. The van der Waals surface area contributed by atoms with Crippen LogP contribution in [0.15, 0.2) is 30.9 Å². The second kappa shape index (κ2) is 5.90. The molecule has 0 fully saturated rings. The zero-order chi connectivity index (χ0) is 14.7. The Hall–Kier alpha value is -2.10. The van der Waals surface area contributed by atoms with Crippen molar-refractivity contribution in [3.8, 4) is 0 Å². The number of hydrogen-bond donors (Lipinski definition) is 1. The molecule has 4 nitrogen and oxygen atoms in total. The smallest absolute Gasteiger partial charge is 0.303 e. The molecule has 4 heteroatoms. The Labute approximate surface area is 118 Å². The minimum atomic E-state index is -0.801. The average molecular weight is 272 g/mol. The van der Waals surface area contributed by atoms with Crippen LogP contribution in [0.2, 0.25) is 0 Å². The van der Waals surface area contributed by atoms with Gasteiger partial charge in [-0.15, -0.1) is 6.58 Å². The van der Waals surface area contributed by atoms with Gasteiger partial charge in [-0.25, -0.2) is 4.98 Å². The maximum atomic E-state index is 10.7. The normalized spacial score (nSPS) is 11.2. The highest BCUT2D eigenvalue weighted by Gasteiger charge is 2.12. The Kier molecular flexibility index (Phi) is 4.23. The number of benzene rings is 1. The van der Waals surface area contributed by atoms with Gasteiger partial charge in [-0.05, 0) is 23.6 Å². The molecule has 0 spiro atoms. The van der Waals surface area contributed by atoms with E-state index in [1.54, 1.807) is 0 Å². The molecule has 2 aromatic rings. The van der Waals surface area contributed by atoms with Gasteiger partial charge in [0, 0.05) is 13.0 Å². The number of aromatic nitrogens is 2. The number of imidazole rings is 1. The second-order valence-electron chi connectivity index (χ2n) is 5.22. The van der Waals surface area contributed by atoms with Crippen molar-refractivity contribution < 1.29 is 9.90 Å². The molecule has 0 aliphatic heterocycles. The molecule has 0 radical (unpaired) electrons. The summed E-state index contributed by atoms with van der Waals surface area (Å²) in [6, 6.07) is 6.25. The summed E-state index contributed by atoms with van der Waals surface area (Å²) in [6.45, 7) is 8.70. The lowest BCUT2D eigenvalue weighted by molar-refractivity contribution is -0.137. The molecule has 0 aliphatic carbocycles. The Morgan fingerprint density at radius 1 is 1.50 bits per heavy atom. The third-order valence-corrected chi connectivity index (χ3v) is 3.39. The summed E-state index contributed by atoms with van der Waals surface area (Å²) in [5.41, 5.74) is 3.21. The Balaban J connectivity index is 2.47. The molecule has 106 valence electrons. The Morgan fingerprint density at radius 2 is 2.25 bits per heavy atom. The van der Waals surface area contributed by atoms with Crippen LogP contribution in [0, 0.1) is 0 Å². The third kappa shape index (κ3) is 2.90. The number of fused-ring (bicyclic) bond motifs is 1. The summed E-state index contributed by atoms with van der Waals surface area (Å²) in [4.78, 5) is 15.3. The molecule has 0 saturated carbocycles. The van der Waals surface area contributed by atoms with Gasteiger partial charge in [-0.3, -0.25) is 4.79 Å². The van der Waals surface area contributed by atoms with Gasteiger partial charge in [0.1, 0.15) is 5.82 Å². The first-order valence-corrected chi connectivity index (χ1v) is 6.84. The van der Waals surface area contributed by atoms with E-state index in [1.807, 2.05) is 10.6 Å². The third-order valence-electron chi connectivity index (χ3n) is 3.39. The van der Waals surface area contributed by atoms with Crippen molar-refractivity contribution in [2.45, 2.75) is 39.2 Å². The van der Waals surface area contributed by atoms with Crippen LogP contribution in [0.5, 0.6) is 0 Å². The van der Waals surface area contributed by atoms with Crippen LogP contribution in [0.3, 0.4) is 0 Å². The standard InChI is InChI=1S/C16H20N2O2/c1-4-9-18-14-6-5-12(11(2)3)10-13(14)17-15(18)7-8-16(19)20/h4-6,10-11H,1,7-9H2,2-3H3,(H,19,20). The predicted molar refractivity (Wildman–Crippen MR) is 80.0 cm³/mol. The molecule has 0 atom stereocenters. The van der Waals surface area contributed by atoms with Gasteiger partial charge in [0.15, 0.2) is 0 Å². The van der Waals surface area contributed by atoms with Gasteiger partial charge in [-0.2, -0.15) is 0 Å². The summed E-state index contributed by atoms with van der Waals surface area (Å²) in [5.74, 6) is 0.458. The number of nitrogens with zero attached hydrogens (tertiary/aromatic N) is 2. The molecule has 2 rings (SSSR count). The van der Waals surface area contributed by atoms with E-state index in [0.717, 1.165) is 16.9 Å². The van der Waals surface area contributed by atoms with E-state index in [0.29, 0.717) is 18.9 Å². The van der Waals surface area contributed by atoms with E-state index in [-0.39, 0.29) is 6.42 Å². The highest BCUT2D eigenvalue weighted by Crippen LogP contribution is 2.23. The largest absolute Gasteiger partial charge is 0.481 e. The molecule has 1 N–H and O–H groups in total. The first-order chi connectivity index (χ1) is 9.52. The molecule has 0 amide bonds. The fourth-order valence-electron chi connectivity index (χ4n) is 2.30. The zero-order valence-electron chi connectivity index (χ0n) is 12.0. The number of rotatable bonds is 6. The number of aliphatic carboxylic acids is 1. The van der Waals surface area contributed by atoms with Crippen LogP contribution >= 0.6 is 0 Å². The predicted octanol–water partition coefficient (Wildman–Crippen LogP) is 3.36.